The van der Waals surface area contributed by atoms with Gasteiger partial charge in [-0.05, 0) is 48.6 Å². The van der Waals surface area contributed by atoms with E-state index in [1.54, 1.807) is 11.3 Å². The van der Waals surface area contributed by atoms with Gasteiger partial charge in [-0.25, -0.2) is 0 Å². The van der Waals surface area contributed by atoms with Gasteiger partial charge in [0.05, 0.1) is 23.1 Å². The summed E-state index contributed by atoms with van der Waals surface area (Å²) in [7, 11) is 0. The molecule has 0 aromatic carbocycles. The standard InChI is InChI=1S/C19H22N2O3S3/c22-12-3-1-6-21(9-12)10-16(23)20-19-17(18(24)14-4-2-7-26-14)13-5-8-25-11-15(13)27-19/h2,4,7,12,22H,1,3,5-6,8-11H2,(H,20,23). The van der Waals surface area contributed by atoms with Crippen molar-refractivity contribution in [3.8, 4) is 0 Å². The minimum Gasteiger partial charge on any atom is -0.392 e. The molecule has 4 rings (SSSR count). The number of thiophene rings is 2. The van der Waals surface area contributed by atoms with Crippen molar-refractivity contribution in [2.75, 3.05) is 30.7 Å². The second-order valence-electron chi connectivity index (χ2n) is 6.90. The average molecular weight is 423 g/mol. The molecule has 27 heavy (non-hydrogen) atoms. The summed E-state index contributed by atoms with van der Waals surface area (Å²) in [6.45, 7) is 1.61. The Morgan fingerprint density at radius 1 is 1.37 bits per heavy atom. The molecule has 8 heteroatoms. The summed E-state index contributed by atoms with van der Waals surface area (Å²) in [5, 5.41) is 15.4. The molecule has 1 atom stereocenters. The fourth-order valence-corrected chi connectivity index (χ4v) is 6.70. The summed E-state index contributed by atoms with van der Waals surface area (Å²) in [6.07, 6.45) is 2.22. The quantitative estimate of drug-likeness (QED) is 0.724. The van der Waals surface area contributed by atoms with E-state index >= 15 is 0 Å². The number of aliphatic hydroxyl groups excluding tert-OH is 1. The molecule has 0 spiro atoms. The molecule has 144 valence electrons. The minimum atomic E-state index is -0.353. The number of likely N-dealkylation sites (tertiary alicyclic amines) is 1. The van der Waals surface area contributed by atoms with Crippen LogP contribution in [0.2, 0.25) is 0 Å². The van der Waals surface area contributed by atoms with Crippen molar-refractivity contribution in [2.45, 2.75) is 31.1 Å². The zero-order chi connectivity index (χ0) is 18.8. The number of β-amino-alcohol motifs (C(OH)–C–C–N with tert-alkyl or cyclic N) is 1. The summed E-state index contributed by atoms with van der Waals surface area (Å²) in [6, 6.07) is 3.72. The molecule has 5 nitrogen and oxygen atoms in total. The maximum atomic E-state index is 13.1. The van der Waals surface area contributed by atoms with Gasteiger partial charge in [-0.1, -0.05) is 6.07 Å². The molecule has 2 aromatic rings. The molecule has 1 amide bonds. The fraction of sp³-hybridized carbons (Fsp3) is 0.474. The Balaban J connectivity index is 1.55. The van der Waals surface area contributed by atoms with E-state index in [1.165, 1.54) is 16.2 Å². The number of piperidine rings is 1. The number of thioether (sulfide) groups is 1. The van der Waals surface area contributed by atoms with Gasteiger partial charge in [-0.15, -0.1) is 22.7 Å². The minimum absolute atomic E-state index is 0.0121. The van der Waals surface area contributed by atoms with E-state index in [2.05, 4.69) is 5.32 Å². The summed E-state index contributed by atoms with van der Waals surface area (Å²) < 4.78 is 0. The number of nitrogens with one attached hydrogen (secondary N) is 1. The first-order chi connectivity index (χ1) is 13.1. The predicted octanol–water partition coefficient (Wildman–Crippen LogP) is 3.23. The molecule has 1 unspecified atom stereocenters. The van der Waals surface area contributed by atoms with Crippen LogP contribution in [0.3, 0.4) is 0 Å². The van der Waals surface area contributed by atoms with Gasteiger partial charge in [0.15, 0.2) is 0 Å². The van der Waals surface area contributed by atoms with Crippen molar-refractivity contribution in [3.63, 3.8) is 0 Å². The van der Waals surface area contributed by atoms with Crippen molar-refractivity contribution >= 4 is 51.1 Å². The second kappa shape index (κ2) is 8.45. The van der Waals surface area contributed by atoms with Gasteiger partial charge >= 0.3 is 0 Å². The van der Waals surface area contributed by atoms with Crippen LogP contribution in [0.25, 0.3) is 0 Å². The number of anilines is 1. The van der Waals surface area contributed by atoms with Gasteiger partial charge in [0, 0.05) is 17.2 Å². The topological polar surface area (TPSA) is 69.6 Å². The molecule has 2 aliphatic heterocycles. The molecular weight excluding hydrogens is 400 g/mol. The van der Waals surface area contributed by atoms with Crippen molar-refractivity contribution in [1.82, 2.24) is 4.90 Å². The van der Waals surface area contributed by atoms with Crippen LogP contribution >= 0.6 is 34.4 Å². The highest BCUT2D eigenvalue weighted by atomic mass is 32.2. The number of rotatable bonds is 5. The Morgan fingerprint density at radius 3 is 3.04 bits per heavy atom. The molecular formula is C19H22N2O3S3. The number of hydrogen-bond acceptors (Lipinski definition) is 7. The zero-order valence-corrected chi connectivity index (χ0v) is 17.4. The molecule has 4 heterocycles. The van der Waals surface area contributed by atoms with E-state index in [-0.39, 0.29) is 24.3 Å². The zero-order valence-electron chi connectivity index (χ0n) is 14.9. The lowest BCUT2D eigenvalue weighted by molar-refractivity contribution is -0.117. The third kappa shape index (κ3) is 4.30. The van der Waals surface area contributed by atoms with Crippen LogP contribution in [0.1, 0.15) is 38.5 Å². The third-order valence-corrected chi connectivity index (χ3v) is 8.08. The monoisotopic (exact) mass is 422 g/mol. The highest BCUT2D eigenvalue weighted by Gasteiger charge is 2.28. The highest BCUT2D eigenvalue weighted by Crippen LogP contribution is 2.40. The van der Waals surface area contributed by atoms with Crippen LogP contribution in [-0.4, -0.2) is 53.2 Å². The molecule has 2 aliphatic rings. The molecule has 2 aromatic heterocycles. The molecule has 0 aliphatic carbocycles. The number of aliphatic hydroxyl groups is 1. The third-order valence-electron chi connectivity index (χ3n) is 4.89. The van der Waals surface area contributed by atoms with Crippen LogP contribution < -0.4 is 5.32 Å². The average Bonchev–Trinajstić information content (AvgIpc) is 3.29. The van der Waals surface area contributed by atoms with Gasteiger partial charge in [0.2, 0.25) is 11.7 Å². The molecule has 1 saturated heterocycles. The van der Waals surface area contributed by atoms with Crippen molar-refractivity contribution in [1.29, 1.82) is 0 Å². The number of carbonyl (C=O) groups excluding carboxylic acids is 2. The smallest absolute Gasteiger partial charge is 0.239 e. The number of carbonyl (C=O) groups is 2. The molecule has 1 fully saturated rings. The molecule has 0 radical (unpaired) electrons. The van der Waals surface area contributed by atoms with Crippen LogP contribution in [-0.2, 0) is 17.0 Å². The second-order valence-corrected chi connectivity index (χ2v) is 10.1. The van der Waals surface area contributed by atoms with Gasteiger partial charge in [-0.2, -0.15) is 11.8 Å². The first kappa shape index (κ1) is 19.1. The first-order valence-electron chi connectivity index (χ1n) is 9.12. The maximum Gasteiger partial charge on any atom is 0.239 e. The Morgan fingerprint density at radius 2 is 2.26 bits per heavy atom. The van der Waals surface area contributed by atoms with Crippen LogP contribution in [0.15, 0.2) is 17.5 Å². The van der Waals surface area contributed by atoms with E-state index in [9.17, 15) is 14.7 Å². The van der Waals surface area contributed by atoms with E-state index < -0.39 is 0 Å². The van der Waals surface area contributed by atoms with Crippen LogP contribution in [0.5, 0.6) is 0 Å². The lowest BCUT2D eigenvalue weighted by Crippen LogP contribution is -2.42. The Labute approximate surface area is 170 Å². The number of hydrogen-bond donors (Lipinski definition) is 2. The molecule has 2 N–H and O–H groups in total. The van der Waals surface area contributed by atoms with Gasteiger partial charge in [-0.3, -0.25) is 14.5 Å². The fourth-order valence-electron chi connectivity index (χ4n) is 3.64. The highest BCUT2D eigenvalue weighted by molar-refractivity contribution is 7.98. The van der Waals surface area contributed by atoms with Gasteiger partial charge in [0.25, 0.3) is 0 Å². The van der Waals surface area contributed by atoms with E-state index in [0.29, 0.717) is 22.0 Å². The largest absolute Gasteiger partial charge is 0.392 e. The van der Waals surface area contributed by atoms with E-state index in [0.717, 1.165) is 42.9 Å². The number of fused-ring (bicyclic) bond motifs is 1. The van der Waals surface area contributed by atoms with Crippen molar-refractivity contribution in [2.24, 2.45) is 0 Å². The Hall–Kier alpha value is -1.19. The van der Waals surface area contributed by atoms with Crippen molar-refractivity contribution < 1.29 is 14.7 Å². The maximum absolute atomic E-state index is 13.1. The summed E-state index contributed by atoms with van der Waals surface area (Å²) >= 11 is 4.85. The Bertz CT molecular complexity index is 832. The van der Waals surface area contributed by atoms with E-state index in [1.807, 2.05) is 34.2 Å². The van der Waals surface area contributed by atoms with Crippen LogP contribution in [0, 0.1) is 0 Å². The number of amides is 1. The Kier molecular flexibility index (Phi) is 5.99. The number of nitrogens with zero attached hydrogens (tertiary/aromatic N) is 1. The summed E-state index contributed by atoms with van der Waals surface area (Å²) in [5.41, 5.74) is 1.80. The molecule has 0 saturated carbocycles. The van der Waals surface area contributed by atoms with Gasteiger partial charge < -0.3 is 10.4 Å². The van der Waals surface area contributed by atoms with Gasteiger partial charge in [0.1, 0.15) is 5.00 Å². The summed E-state index contributed by atoms with van der Waals surface area (Å²) in [4.78, 5) is 29.6. The predicted molar refractivity (Wildman–Crippen MR) is 112 cm³/mol. The number of ketones is 1. The van der Waals surface area contributed by atoms with E-state index in [4.69, 9.17) is 0 Å². The van der Waals surface area contributed by atoms with Crippen molar-refractivity contribution in [3.05, 3.63) is 38.4 Å². The first-order valence-corrected chi connectivity index (χ1v) is 12.0. The van der Waals surface area contributed by atoms with Crippen LogP contribution in [0.4, 0.5) is 5.00 Å². The lowest BCUT2D eigenvalue weighted by atomic mass is 10.0. The summed E-state index contributed by atoms with van der Waals surface area (Å²) in [5.74, 6) is 1.81. The SMILES string of the molecule is O=C(CN1CCCC(O)C1)Nc1sc2c(c1C(=O)c1cccs1)CCSC2. The normalized spacial score (nSPS) is 20.3. The lowest BCUT2D eigenvalue weighted by Gasteiger charge is -2.29. The molecule has 0 bridgehead atoms.